The van der Waals surface area contributed by atoms with Crippen LogP contribution in [-0.4, -0.2) is 34.4 Å². The molecule has 0 aliphatic heterocycles. The maximum absolute atomic E-state index is 13.8. The summed E-state index contributed by atoms with van der Waals surface area (Å²) in [5.41, 5.74) is 2.14. The molecule has 0 fully saturated rings. The number of carbonyl (C=O) groups excluding carboxylic acids is 1. The third-order valence-corrected chi connectivity index (χ3v) is 4.82. The fraction of sp³-hybridized carbons (Fsp3) is 0.316. The van der Waals surface area contributed by atoms with Crippen molar-refractivity contribution < 1.29 is 28.6 Å². The van der Waals surface area contributed by atoms with Gasteiger partial charge < -0.3 is 15.5 Å². The Bertz CT molecular complexity index is 877. The van der Waals surface area contributed by atoms with Gasteiger partial charge in [0.05, 0.1) is 17.9 Å². The first-order chi connectivity index (χ1) is 13.0. The van der Waals surface area contributed by atoms with Gasteiger partial charge >= 0.3 is 0 Å². The van der Waals surface area contributed by atoms with Crippen LogP contribution < -0.4 is 10.8 Å². The number of aryl methyl sites for hydroxylation is 1. The van der Waals surface area contributed by atoms with E-state index >= 15 is 0 Å². The van der Waals surface area contributed by atoms with E-state index in [2.05, 4.69) is 33.4 Å². The number of benzene rings is 2. The van der Waals surface area contributed by atoms with Crippen molar-refractivity contribution in [2.45, 2.75) is 32.5 Å². The largest absolute Gasteiger partial charge is 0.394 e. The van der Waals surface area contributed by atoms with Gasteiger partial charge in [0.1, 0.15) is 11.7 Å². The SMILES string of the molecule is Cc1cc(I)ccc1Nc1cc(F)c(F)cc1C(=O)NOC(C)(C)C(O)CO. The van der Waals surface area contributed by atoms with Gasteiger partial charge in [0.2, 0.25) is 0 Å². The predicted molar refractivity (Wildman–Crippen MR) is 109 cm³/mol. The molecule has 9 heteroatoms. The second kappa shape index (κ2) is 9.12. The van der Waals surface area contributed by atoms with E-state index in [1.807, 2.05) is 19.1 Å². The summed E-state index contributed by atoms with van der Waals surface area (Å²) in [6.07, 6.45) is -1.26. The molecule has 6 nitrogen and oxygen atoms in total. The van der Waals surface area contributed by atoms with E-state index in [0.29, 0.717) is 5.69 Å². The number of nitrogens with one attached hydrogen (secondary N) is 2. The minimum absolute atomic E-state index is 0.0461. The molecule has 1 atom stereocenters. The first-order valence-electron chi connectivity index (χ1n) is 8.34. The van der Waals surface area contributed by atoms with Crippen LogP contribution in [0.25, 0.3) is 0 Å². The van der Waals surface area contributed by atoms with Gasteiger partial charge in [0.25, 0.3) is 5.91 Å². The quantitative estimate of drug-likeness (QED) is 0.342. The Morgan fingerprint density at radius 2 is 1.86 bits per heavy atom. The van der Waals surface area contributed by atoms with Crippen molar-refractivity contribution in [2.24, 2.45) is 0 Å². The zero-order chi connectivity index (χ0) is 21.1. The van der Waals surface area contributed by atoms with Crippen molar-refractivity contribution in [3.63, 3.8) is 0 Å². The molecule has 0 aliphatic carbocycles. The third kappa shape index (κ3) is 5.37. The number of halogens is 3. The molecule has 1 unspecified atom stereocenters. The molecule has 0 heterocycles. The molecule has 28 heavy (non-hydrogen) atoms. The van der Waals surface area contributed by atoms with Gasteiger partial charge in [-0.15, -0.1) is 0 Å². The molecule has 0 spiro atoms. The number of carbonyl (C=O) groups is 1. The molecule has 0 aromatic heterocycles. The van der Waals surface area contributed by atoms with E-state index in [0.717, 1.165) is 21.3 Å². The summed E-state index contributed by atoms with van der Waals surface area (Å²) in [5, 5.41) is 21.7. The Morgan fingerprint density at radius 1 is 1.21 bits per heavy atom. The van der Waals surface area contributed by atoms with Gasteiger partial charge in [0, 0.05) is 15.3 Å². The first kappa shape index (κ1) is 22.5. The number of hydrogen-bond donors (Lipinski definition) is 4. The lowest BCUT2D eigenvalue weighted by Crippen LogP contribution is -2.46. The number of hydrogen-bond acceptors (Lipinski definition) is 5. The smallest absolute Gasteiger partial charge is 0.277 e. The van der Waals surface area contributed by atoms with E-state index in [9.17, 15) is 18.7 Å². The Kier molecular flexibility index (Phi) is 7.32. The highest BCUT2D eigenvalue weighted by molar-refractivity contribution is 14.1. The highest BCUT2D eigenvalue weighted by Crippen LogP contribution is 2.27. The molecule has 0 saturated carbocycles. The molecule has 0 bridgehead atoms. The van der Waals surface area contributed by atoms with Gasteiger partial charge in [-0.3, -0.25) is 9.63 Å². The zero-order valence-corrected chi connectivity index (χ0v) is 17.7. The topological polar surface area (TPSA) is 90.8 Å². The van der Waals surface area contributed by atoms with Crippen LogP contribution >= 0.6 is 22.6 Å². The maximum atomic E-state index is 13.8. The van der Waals surface area contributed by atoms with Gasteiger partial charge in [-0.1, -0.05) is 0 Å². The van der Waals surface area contributed by atoms with Gasteiger partial charge in [-0.2, -0.15) is 0 Å². The molecule has 152 valence electrons. The number of aliphatic hydroxyl groups is 2. The molecule has 1 amide bonds. The van der Waals surface area contributed by atoms with E-state index < -0.39 is 35.9 Å². The molecule has 0 saturated heterocycles. The molecular formula is C19H21F2IN2O4. The maximum Gasteiger partial charge on any atom is 0.277 e. The van der Waals surface area contributed by atoms with E-state index in [1.54, 1.807) is 6.07 Å². The van der Waals surface area contributed by atoms with Gasteiger partial charge in [-0.25, -0.2) is 14.3 Å². The molecule has 0 aliphatic rings. The number of rotatable bonds is 7. The van der Waals surface area contributed by atoms with Crippen molar-refractivity contribution in [3.8, 4) is 0 Å². The average Bonchev–Trinajstić information content (AvgIpc) is 2.64. The van der Waals surface area contributed by atoms with Crippen LogP contribution in [0.2, 0.25) is 0 Å². The minimum Gasteiger partial charge on any atom is -0.394 e. The second-order valence-electron chi connectivity index (χ2n) is 6.73. The highest BCUT2D eigenvalue weighted by Gasteiger charge is 2.30. The lowest BCUT2D eigenvalue weighted by molar-refractivity contribution is -0.144. The first-order valence-corrected chi connectivity index (χ1v) is 9.42. The van der Waals surface area contributed by atoms with Crippen LogP contribution in [0.15, 0.2) is 30.3 Å². The second-order valence-corrected chi connectivity index (χ2v) is 7.98. The highest BCUT2D eigenvalue weighted by atomic mass is 127. The van der Waals surface area contributed by atoms with Crippen LogP contribution in [0.5, 0.6) is 0 Å². The minimum atomic E-state index is -1.30. The number of amides is 1. The number of hydroxylamine groups is 1. The molecule has 2 aromatic rings. The van der Waals surface area contributed by atoms with Crippen LogP contribution in [0.4, 0.5) is 20.2 Å². The third-order valence-electron chi connectivity index (χ3n) is 4.15. The van der Waals surface area contributed by atoms with E-state index in [1.165, 1.54) is 13.8 Å². The summed E-state index contributed by atoms with van der Waals surface area (Å²) in [5.74, 6) is -3.15. The number of aliphatic hydroxyl groups excluding tert-OH is 2. The summed E-state index contributed by atoms with van der Waals surface area (Å²) in [4.78, 5) is 17.7. The summed E-state index contributed by atoms with van der Waals surface area (Å²) in [7, 11) is 0. The number of anilines is 2. The molecular weight excluding hydrogens is 485 g/mol. The lowest BCUT2D eigenvalue weighted by Gasteiger charge is -2.28. The van der Waals surface area contributed by atoms with Crippen LogP contribution in [0.3, 0.4) is 0 Å². The lowest BCUT2D eigenvalue weighted by atomic mass is 10.0. The summed E-state index contributed by atoms with van der Waals surface area (Å²) in [6.45, 7) is 4.17. The van der Waals surface area contributed by atoms with E-state index in [4.69, 9.17) is 9.94 Å². The van der Waals surface area contributed by atoms with Crippen LogP contribution in [-0.2, 0) is 4.84 Å². The summed E-state index contributed by atoms with van der Waals surface area (Å²) in [6, 6.07) is 7.13. The van der Waals surface area contributed by atoms with E-state index in [-0.39, 0.29) is 11.3 Å². The summed E-state index contributed by atoms with van der Waals surface area (Å²) < 4.78 is 28.5. The van der Waals surface area contributed by atoms with Crippen molar-refractivity contribution in [1.82, 2.24) is 5.48 Å². The normalized spacial score (nSPS) is 12.6. The Hall–Kier alpha value is -1.82. The average molecular weight is 506 g/mol. The Morgan fingerprint density at radius 3 is 2.46 bits per heavy atom. The molecule has 4 N–H and O–H groups in total. The van der Waals surface area contributed by atoms with Crippen molar-refractivity contribution in [1.29, 1.82) is 0 Å². The van der Waals surface area contributed by atoms with Gasteiger partial charge in [-0.05, 0) is 73.2 Å². The predicted octanol–water partition coefficient (Wildman–Crippen LogP) is 3.41. The van der Waals surface area contributed by atoms with Crippen LogP contribution in [0, 0.1) is 22.1 Å². The molecule has 2 aromatic carbocycles. The monoisotopic (exact) mass is 506 g/mol. The zero-order valence-electron chi connectivity index (χ0n) is 15.5. The Labute approximate surface area is 175 Å². The molecule has 0 radical (unpaired) electrons. The fourth-order valence-electron chi connectivity index (χ4n) is 2.27. The fourth-order valence-corrected chi connectivity index (χ4v) is 2.92. The van der Waals surface area contributed by atoms with Crippen molar-refractivity contribution in [3.05, 3.63) is 56.7 Å². The van der Waals surface area contributed by atoms with Gasteiger partial charge in [0.15, 0.2) is 11.6 Å². The van der Waals surface area contributed by atoms with Crippen LogP contribution in [0.1, 0.15) is 29.8 Å². The Balaban J connectivity index is 2.30. The summed E-state index contributed by atoms with van der Waals surface area (Å²) >= 11 is 2.15. The van der Waals surface area contributed by atoms with Crippen molar-refractivity contribution in [2.75, 3.05) is 11.9 Å². The standard InChI is InChI=1S/C19H21F2IN2O4/c1-10-6-11(22)4-5-15(10)23-16-8-14(21)13(20)7-12(16)18(27)24-28-19(2,3)17(26)9-25/h4-8,17,23,25-26H,9H2,1-3H3,(H,24,27). The van der Waals surface area contributed by atoms with Crippen molar-refractivity contribution >= 4 is 39.9 Å². The molecule has 2 rings (SSSR count).